The highest BCUT2D eigenvalue weighted by atomic mass is 16.2. The topological polar surface area (TPSA) is 86.7 Å². The average molecular weight is 428 g/mol. The number of Topliss-reactive ketones (excluding diaryl/α,β-unsaturated/α-hetero) is 1. The zero-order valence-corrected chi connectivity index (χ0v) is 18.2. The molecular weight excluding hydrogens is 402 g/mol. The molecule has 0 unspecified atom stereocenters. The normalized spacial score (nSPS) is 10.6. The Hall–Kier alpha value is -4.26. The van der Waals surface area contributed by atoms with Crippen molar-refractivity contribution in [1.82, 2.24) is 4.40 Å². The van der Waals surface area contributed by atoms with E-state index in [0.717, 1.165) is 22.5 Å². The highest BCUT2D eigenvalue weighted by Gasteiger charge is 2.26. The maximum Gasteiger partial charge on any atom is 0.298 e. The molecule has 0 saturated carbocycles. The number of carbonyl (C=O) groups is 2. The lowest BCUT2D eigenvalue weighted by molar-refractivity contribution is -0.112. The monoisotopic (exact) mass is 427 g/mol. The number of pyridine rings is 1. The molecule has 4 N–H and O–H groups in total. The first kappa shape index (κ1) is 21.0. The number of carbonyl (C=O) groups excluding carboxylic acids is 2. The fourth-order valence-electron chi connectivity index (χ4n) is 3.91. The van der Waals surface area contributed by atoms with Gasteiger partial charge in [-0.05, 0) is 35.9 Å². The van der Waals surface area contributed by atoms with Crippen molar-refractivity contribution >= 4 is 40.0 Å². The van der Waals surface area contributed by atoms with Gasteiger partial charge in [0, 0.05) is 38.4 Å². The zero-order chi connectivity index (χ0) is 22.7. The van der Waals surface area contributed by atoms with Crippen LogP contribution in [0.5, 0.6) is 0 Å². The number of nitrogens with one attached hydrogen (secondary N) is 4. The Labute approximate surface area is 186 Å². The summed E-state index contributed by atoms with van der Waals surface area (Å²) in [6, 6.07) is 20.8. The average Bonchev–Trinajstić information content (AvgIpc) is 3.23. The van der Waals surface area contributed by atoms with Crippen molar-refractivity contribution in [2.24, 2.45) is 0 Å². The summed E-state index contributed by atoms with van der Waals surface area (Å²) in [7, 11) is 5.38. The van der Waals surface area contributed by atoms with Gasteiger partial charge in [-0.2, -0.15) is 0 Å². The maximum absolute atomic E-state index is 13.4. The van der Waals surface area contributed by atoms with E-state index in [1.54, 1.807) is 30.8 Å². The van der Waals surface area contributed by atoms with Gasteiger partial charge >= 0.3 is 0 Å². The van der Waals surface area contributed by atoms with Crippen molar-refractivity contribution in [3.8, 4) is 11.1 Å². The Balaban J connectivity index is 1.76. The van der Waals surface area contributed by atoms with Gasteiger partial charge < -0.3 is 25.7 Å². The minimum atomic E-state index is -0.707. The number of benzene rings is 2. The molecule has 0 radical (unpaired) electrons. The van der Waals surface area contributed by atoms with Gasteiger partial charge in [0.2, 0.25) is 0 Å². The number of amides is 1. The van der Waals surface area contributed by atoms with E-state index in [0.29, 0.717) is 22.6 Å². The fraction of sp³-hybridized carbons (Fsp3) is 0.120. The van der Waals surface area contributed by atoms with E-state index in [4.69, 9.17) is 0 Å². The molecule has 0 aliphatic heterocycles. The lowest BCUT2D eigenvalue weighted by atomic mass is 10.0. The Bertz CT molecular complexity index is 1290. The second kappa shape index (κ2) is 8.85. The molecule has 0 saturated heterocycles. The second-order valence-corrected chi connectivity index (χ2v) is 7.21. The van der Waals surface area contributed by atoms with Crippen LogP contribution >= 0.6 is 0 Å². The lowest BCUT2D eigenvalue weighted by Crippen LogP contribution is -2.25. The molecule has 4 rings (SSSR count). The molecule has 162 valence electrons. The first-order chi connectivity index (χ1) is 15.6. The molecule has 7 heteroatoms. The van der Waals surface area contributed by atoms with Gasteiger partial charge in [0.05, 0.1) is 22.7 Å². The molecule has 2 aromatic heterocycles. The second-order valence-electron chi connectivity index (χ2n) is 7.21. The largest absolute Gasteiger partial charge is 0.386 e. The first-order valence-corrected chi connectivity index (χ1v) is 10.3. The summed E-state index contributed by atoms with van der Waals surface area (Å²) in [4.78, 5) is 26.5. The van der Waals surface area contributed by atoms with Crippen LogP contribution in [0.15, 0.2) is 72.9 Å². The van der Waals surface area contributed by atoms with Crippen LogP contribution in [0, 0.1) is 0 Å². The molecule has 2 heterocycles. The van der Waals surface area contributed by atoms with E-state index in [1.807, 2.05) is 67.7 Å². The van der Waals surface area contributed by atoms with Crippen LogP contribution in [0.4, 0.5) is 22.7 Å². The quantitative estimate of drug-likeness (QED) is 0.257. The number of anilines is 4. The summed E-state index contributed by atoms with van der Waals surface area (Å²) in [5.41, 5.74) is 5.61. The summed E-state index contributed by atoms with van der Waals surface area (Å²) < 4.78 is 1.76. The van der Waals surface area contributed by atoms with Crippen LogP contribution in [-0.4, -0.2) is 37.2 Å². The van der Waals surface area contributed by atoms with Gasteiger partial charge in [0.1, 0.15) is 5.69 Å². The number of ketones is 1. The fourth-order valence-corrected chi connectivity index (χ4v) is 3.91. The van der Waals surface area contributed by atoms with Crippen molar-refractivity contribution in [3.63, 3.8) is 0 Å². The highest BCUT2D eigenvalue weighted by molar-refractivity contribution is 6.47. The number of aromatic nitrogens is 1. The SMILES string of the molecule is CNc1ccc(NC(=O)C(=O)c2c(-c3ccccc3)cc3ccccn23)c(NC)c1NC. The minimum Gasteiger partial charge on any atom is -0.386 e. The van der Waals surface area contributed by atoms with E-state index in [9.17, 15) is 9.59 Å². The predicted molar refractivity (Wildman–Crippen MR) is 131 cm³/mol. The van der Waals surface area contributed by atoms with Gasteiger partial charge in [-0.15, -0.1) is 0 Å². The molecule has 0 fully saturated rings. The minimum absolute atomic E-state index is 0.330. The lowest BCUT2D eigenvalue weighted by Gasteiger charge is -2.18. The number of rotatable bonds is 7. The molecule has 32 heavy (non-hydrogen) atoms. The van der Waals surface area contributed by atoms with Crippen LogP contribution in [0.1, 0.15) is 10.5 Å². The van der Waals surface area contributed by atoms with Crippen LogP contribution < -0.4 is 21.3 Å². The van der Waals surface area contributed by atoms with E-state index in [-0.39, 0.29) is 0 Å². The molecular formula is C25H25N5O2. The molecule has 0 bridgehead atoms. The molecule has 2 aromatic carbocycles. The molecule has 4 aromatic rings. The van der Waals surface area contributed by atoms with E-state index < -0.39 is 11.7 Å². The first-order valence-electron chi connectivity index (χ1n) is 10.3. The van der Waals surface area contributed by atoms with Crippen molar-refractivity contribution in [2.75, 3.05) is 42.4 Å². The summed E-state index contributed by atoms with van der Waals surface area (Å²) in [5.74, 6) is -1.32. The number of nitrogens with zero attached hydrogens (tertiary/aromatic N) is 1. The Morgan fingerprint density at radius 1 is 0.750 bits per heavy atom. The third-order valence-electron chi connectivity index (χ3n) is 5.41. The van der Waals surface area contributed by atoms with Crippen molar-refractivity contribution < 1.29 is 9.59 Å². The summed E-state index contributed by atoms with van der Waals surface area (Å²) in [5, 5.41) is 12.1. The van der Waals surface area contributed by atoms with Gasteiger partial charge in [0.15, 0.2) is 0 Å². The Morgan fingerprint density at radius 3 is 2.09 bits per heavy atom. The summed E-state index contributed by atoms with van der Waals surface area (Å²) in [6.45, 7) is 0. The summed E-state index contributed by atoms with van der Waals surface area (Å²) in [6.07, 6.45) is 1.79. The van der Waals surface area contributed by atoms with Gasteiger partial charge in [0.25, 0.3) is 11.7 Å². The Morgan fingerprint density at radius 2 is 1.41 bits per heavy atom. The number of hydrogen-bond acceptors (Lipinski definition) is 5. The van der Waals surface area contributed by atoms with Gasteiger partial charge in [-0.3, -0.25) is 9.59 Å². The summed E-state index contributed by atoms with van der Waals surface area (Å²) >= 11 is 0. The standard InChI is InChI=1S/C25H25N5O2/c1-26-19-12-13-20(22(28-3)21(19)27-2)29-25(32)24(31)23-18(16-9-5-4-6-10-16)15-17-11-7-8-14-30(17)23/h4-15,26-28H,1-3H3,(H,29,32). The number of hydrogen-bond donors (Lipinski definition) is 4. The third-order valence-corrected chi connectivity index (χ3v) is 5.41. The van der Waals surface area contributed by atoms with Crippen LogP contribution in [0.25, 0.3) is 16.6 Å². The van der Waals surface area contributed by atoms with Crippen molar-refractivity contribution in [2.45, 2.75) is 0 Å². The predicted octanol–water partition coefficient (Wildman–Crippen LogP) is 4.55. The van der Waals surface area contributed by atoms with Crippen LogP contribution in [0.3, 0.4) is 0 Å². The molecule has 0 aliphatic carbocycles. The van der Waals surface area contributed by atoms with E-state index in [1.165, 1.54) is 0 Å². The Kier molecular flexibility index (Phi) is 5.81. The smallest absolute Gasteiger partial charge is 0.298 e. The molecule has 0 atom stereocenters. The zero-order valence-electron chi connectivity index (χ0n) is 18.2. The van der Waals surface area contributed by atoms with Gasteiger partial charge in [-0.25, -0.2) is 0 Å². The molecule has 0 spiro atoms. The van der Waals surface area contributed by atoms with Crippen molar-refractivity contribution in [1.29, 1.82) is 0 Å². The molecule has 7 nitrogen and oxygen atoms in total. The highest BCUT2D eigenvalue weighted by Crippen LogP contribution is 2.37. The molecule has 1 amide bonds. The van der Waals surface area contributed by atoms with Crippen LogP contribution in [-0.2, 0) is 4.79 Å². The van der Waals surface area contributed by atoms with Crippen molar-refractivity contribution in [3.05, 3.63) is 78.6 Å². The number of fused-ring (bicyclic) bond motifs is 1. The van der Waals surface area contributed by atoms with Crippen LogP contribution in [0.2, 0.25) is 0 Å². The maximum atomic E-state index is 13.4. The van der Waals surface area contributed by atoms with Gasteiger partial charge in [-0.1, -0.05) is 36.4 Å². The molecule has 0 aliphatic rings. The van der Waals surface area contributed by atoms with E-state index in [2.05, 4.69) is 21.3 Å². The third kappa shape index (κ3) is 3.65. The van der Waals surface area contributed by atoms with E-state index >= 15 is 0 Å².